The van der Waals surface area contributed by atoms with Crippen LogP contribution in [0.25, 0.3) is 0 Å². The summed E-state index contributed by atoms with van der Waals surface area (Å²) in [6.45, 7) is 4.39. The molecule has 0 aliphatic heterocycles. The highest BCUT2D eigenvalue weighted by molar-refractivity contribution is 9.12. The Morgan fingerprint density at radius 3 is 2.32 bits per heavy atom. The van der Waals surface area contributed by atoms with Gasteiger partial charge in [0, 0.05) is 11.1 Å². The van der Waals surface area contributed by atoms with E-state index in [0.717, 1.165) is 19.6 Å². The summed E-state index contributed by atoms with van der Waals surface area (Å²) in [6, 6.07) is 9.78. The second-order valence-corrected chi connectivity index (χ2v) is 8.61. The number of hydrogen-bond acceptors (Lipinski definition) is 2. The van der Waals surface area contributed by atoms with Crippen LogP contribution in [0.15, 0.2) is 37.9 Å². The van der Waals surface area contributed by atoms with Crippen LogP contribution in [0.1, 0.15) is 35.3 Å². The van der Waals surface area contributed by atoms with Crippen LogP contribution in [-0.2, 0) is 6.42 Å². The van der Waals surface area contributed by atoms with Crippen LogP contribution in [0.5, 0.6) is 0 Å². The van der Waals surface area contributed by atoms with Crippen LogP contribution >= 0.6 is 43.2 Å². The molecule has 0 fully saturated rings. The largest absolute Gasteiger partial charge is 0.289 e. The summed E-state index contributed by atoms with van der Waals surface area (Å²) >= 11 is 8.35. The summed E-state index contributed by atoms with van der Waals surface area (Å²) in [5.41, 5.74) is 2.73. The highest BCUT2D eigenvalue weighted by Gasteiger charge is 2.15. The normalized spacial score (nSPS) is 11.0. The monoisotopic (exact) mass is 400 g/mol. The van der Waals surface area contributed by atoms with Gasteiger partial charge < -0.3 is 0 Å². The van der Waals surface area contributed by atoms with Gasteiger partial charge in [0.2, 0.25) is 0 Å². The molecule has 0 aliphatic carbocycles. The van der Waals surface area contributed by atoms with Crippen LogP contribution in [0.4, 0.5) is 0 Å². The smallest absolute Gasteiger partial charge is 0.195 e. The average Bonchev–Trinajstić information content (AvgIpc) is 2.68. The molecule has 2 rings (SSSR count). The lowest BCUT2D eigenvalue weighted by atomic mass is 9.99. The quantitative estimate of drug-likeness (QED) is 0.600. The molecule has 19 heavy (non-hydrogen) atoms. The summed E-state index contributed by atoms with van der Waals surface area (Å²) < 4.78 is 1.83. The first-order chi connectivity index (χ1) is 8.97. The fourth-order valence-electron chi connectivity index (χ4n) is 1.91. The van der Waals surface area contributed by atoms with Crippen molar-refractivity contribution in [2.75, 3.05) is 0 Å². The van der Waals surface area contributed by atoms with E-state index in [1.165, 1.54) is 16.9 Å². The van der Waals surface area contributed by atoms with Gasteiger partial charge in [-0.1, -0.05) is 38.1 Å². The minimum absolute atomic E-state index is 0.0601. The van der Waals surface area contributed by atoms with E-state index in [9.17, 15) is 4.79 Å². The highest BCUT2D eigenvalue weighted by Crippen LogP contribution is 2.33. The molecule has 0 atom stereocenters. The number of thiophene rings is 1. The lowest BCUT2D eigenvalue weighted by Crippen LogP contribution is -2.01. The number of halogens is 2. The third-order valence-corrected chi connectivity index (χ3v) is 5.10. The van der Waals surface area contributed by atoms with Crippen LogP contribution in [0.3, 0.4) is 0 Å². The SMILES string of the molecule is CC(C)Cc1ccc(C(=O)c2cc(Br)sc2Br)cc1. The van der Waals surface area contributed by atoms with E-state index in [-0.39, 0.29) is 5.78 Å². The predicted octanol–water partition coefficient (Wildman–Crippen LogP) is 5.70. The molecule has 2 aromatic rings. The molecule has 0 aliphatic rings. The molecular weight excluding hydrogens is 388 g/mol. The van der Waals surface area contributed by atoms with Crippen molar-refractivity contribution in [3.05, 3.63) is 54.6 Å². The summed E-state index contributed by atoms with van der Waals surface area (Å²) in [4.78, 5) is 12.4. The van der Waals surface area contributed by atoms with E-state index in [1.54, 1.807) is 0 Å². The van der Waals surface area contributed by atoms with Crippen LogP contribution < -0.4 is 0 Å². The van der Waals surface area contributed by atoms with Gasteiger partial charge in [-0.2, -0.15) is 0 Å². The molecule has 0 radical (unpaired) electrons. The summed E-state index contributed by atoms with van der Waals surface area (Å²) in [5, 5.41) is 0. The Labute approximate surface area is 134 Å². The van der Waals surface area contributed by atoms with Gasteiger partial charge in [0.25, 0.3) is 0 Å². The van der Waals surface area contributed by atoms with Crippen molar-refractivity contribution in [2.24, 2.45) is 5.92 Å². The van der Waals surface area contributed by atoms with Gasteiger partial charge in [0.05, 0.1) is 7.57 Å². The molecule has 0 saturated carbocycles. The zero-order chi connectivity index (χ0) is 14.0. The summed E-state index contributed by atoms with van der Waals surface area (Å²) in [5.74, 6) is 0.688. The number of carbonyl (C=O) groups excluding carboxylic acids is 1. The Morgan fingerprint density at radius 2 is 1.84 bits per heavy atom. The fourth-order valence-corrected chi connectivity index (χ4v) is 4.71. The molecule has 0 unspecified atom stereocenters. The van der Waals surface area contributed by atoms with Crippen molar-refractivity contribution in [1.82, 2.24) is 0 Å². The Kier molecular flexibility index (Phi) is 4.98. The number of carbonyl (C=O) groups is 1. The van der Waals surface area contributed by atoms with E-state index in [0.29, 0.717) is 11.5 Å². The second kappa shape index (κ2) is 6.33. The fraction of sp³-hybridized carbons (Fsp3) is 0.267. The third-order valence-electron chi connectivity index (χ3n) is 2.76. The minimum atomic E-state index is 0.0601. The van der Waals surface area contributed by atoms with Gasteiger partial charge in [0.1, 0.15) is 0 Å². The van der Waals surface area contributed by atoms with Gasteiger partial charge in [-0.25, -0.2) is 0 Å². The standard InChI is InChI=1S/C15H14Br2OS/c1-9(2)7-10-3-5-11(6-4-10)14(18)12-8-13(16)19-15(12)17/h3-6,8-9H,7H2,1-2H3. The third kappa shape index (κ3) is 3.77. The number of benzene rings is 1. The van der Waals surface area contributed by atoms with E-state index >= 15 is 0 Å². The Balaban J connectivity index is 2.22. The Morgan fingerprint density at radius 1 is 1.21 bits per heavy atom. The van der Waals surface area contributed by atoms with Gasteiger partial charge in [-0.3, -0.25) is 4.79 Å². The summed E-state index contributed by atoms with van der Waals surface area (Å²) in [7, 11) is 0. The van der Waals surface area contributed by atoms with Gasteiger partial charge in [-0.05, 0) is 55.8 Å². The summed E-state index contributed by atoms with van der Waals surface area (Å²) in [6.07, 6.45) is 1.04. The molecule has 1 nitrogen and oxygen atoms in total. The molecule has 1 heterocycles. The Bertz CT molecular complexity index is 585. The molecule has 0 bridgehead atoms. The van der Waals surface area contributed by atoms with E-state index in [4.69, 9.17) is 0 Å². The van der Waals surface area contributed by atoms with Gasteiger partial charge in [-0.15, -0.1) is 11.3 Å². The second-order valence-electron chi connectivity index (χ2n) is 4.86. The van der Waals surface area contributed by atoms with E-state index in [2.05, 4.69) is 45.7 Å². The molecule has 0 spiro atoms. The first-order valence-corrected chi connectivity index (χ1v) is 8.46. The number of ketones is 1. The molecular formula is C15H14Br2OS. The van der Waals surface area contributed by atoms with Crippen molar-refractivity contribution >= 4 is 49.0 Å². The van der Waals surface area contributed by atoms with Crippen molar-refractivity contribution < 1.29 is 4.79 Å². The molecule has 100 valence electrons. The van der Waals surface area contributed by atoms with Gasteiger partial charge in [0.15, 0.2) is 5.78 Å². The molecule has 4 heteroatoms. The van der Waals surface area contributed by atoms with Crippen LogP contribution in [0, 0.1) is 5.92 Å². The zero-order valence-electron chi connectivity index (χ0n) is 10.7. The number of hydrogen-bond donors (Lipinski definition) is 0. The topological polar surface area (TPSA) is 17.1 Å². The van der Waals surface area contributed by atoms with Gasteiger partial charge >= 0.3 is 0 Å². The lowest BCUT2D eigenvalue weighted by molar-refractivity contribution is 0.103. The maximum Gasteiger partial charge on any atom is 0.195 e. The Hall–Kier alpha value is -0.450. The van der Waals surface area contributed by atoms with Crippen molar-refractivity contribution in [3.63, 3.8) is 0 Å². The minimum Gasteiger partial charge on any atom is -0.289 e. The van der Waals surface area contributed by atoms with Crippen LogP contribution in [0.2, 0.25) is 0 Å². The van der Waals surface area contributed by atoms with E-state index in [1.807, 2.05) is 30.3 Å². The molecule has 0 N–H and O–H groups in total. The first kappa shape index (κ1) is 14.9. The van der Waals surface area contributed by atoms with Crippen molar-refractivity contribution in [3.8, 4) is 0 Å². The first-order valence-electron chi connectivity index (χ1n) is 6.06. The van der Waals surface area contributed by atoms with Crippen molar-refractivity contribution in [2.45, 2.75) is 20.3 Å². The van der Waals surface area contributed by atoms with E-state index < -0.39 is 0 Å². The lowest BCUT2D eigenvalue weighted by Gasteiger charge is -2.06. The highest BCUT2D eigenvalue weighted by atomic mass is 79.9. The average molecular weight is 402 g/mol. The maximum atomic E-state index is 12.4. The number of rotatable bonds is 4. The maximum absolute atomic E-state index is 12.4. The molecule has 1 aromatic heterocycles. The van der Waals surface area contributed by atoms with Crippen LogP contribution in [-0.4, -0.2) is 5.78 Å². The molecule has 0 amide bonds. The van der Waals surface area contributed by atoms with Crippen molar-refractivity contribution in [1.29, 1.82) is 0 Å². The predicted molar refractivity (Wildman–Crippen MR) is 88.1 cm³/mol. The molecule has 1 aromatic carbocycles. The molecule has 0 saturated heterocycles. The zero-order valence-corrected chi connectivity index (χ0v) is 14.7.